The van der Waals surface area contributed by atoms with E-state index in [-0.39, 0.29) is 0 Å². The summed E-state index contributed by atoms with van der Waals surface area (Å²) in [4.78, 5) is 4.86. The maximum Gasteiger partial charge on any atom is 0.0780 e. The van der Waals surface area contributed by atoms with Gasteiger partial charge in [0.2, 0.25) is 0 Å². The second-order valence-electron chi connectivity index (χ2n) is 6.81. The van der Waals surface area contributed by atoms with Crippen LogP contribution in [0.25, 0.3) is 33.2 Å². The predicted octanol–water partition coefficient (Wildman–Crippen LogP) is 6.49. The summed E-state index contributed by atoms with van der Waals surface area (Å²) in [7, 11) is 0. The van der Waals surface area contributed by atoms with Gasteiger partial charge in [-0.15, -0.1) is 0 Å². The summed E-state index contributed by atoms with van der Waals surface area (Å²) < 4.78 is 0. The molecule has 0 N–H and O–H groups in total. The molecule has 1 heterocycles. The Kier molecular flexibility index (Phi) is 3.85. The lowest BCUT2D eigenvalue weighted by molar-refractivity contribution is 1.32. The Morgan fingerprint density at radius 1 is 0.600 bits per heavy atom. The van der Waals surface area contributed by atoms with Crippen LogP contribution in [0.1, 0.15) is 16.7 Å². The van der Waals surface area contributed by atoms with Crippen LogP contribution in [-0.4, -0.2) is 4.98 Å². The zero-order chi connectivity index (χ0) is 17.4. The van der Waals surface area contributed by atoms with Crippen molar-refractivity contribution in [3.05, 3.63) is 89.6 Å². The zero-order valence-corrected chi connectivity index (χ0v) is 14.9. The van der Waals surface area contributed by atoms with E-state index < -0.39 is 0 Å². The lowest BCUT2D eigenvalue weighted by atomic mass is 9.95. The fourth-order valence-electron chi connectivity index (χ4n) is 3.50. The first kappa shape index (κ1) is 15.6. The van der Waals surface area contributed by atoms with Crippen LogP contribution in [0, 0.1) is 20.8 Å². The fraction of sp³-hybridized carbons (Fsp3) is 0.125. The molecule has 0 amide bonds. The van der Waals surface area contributed by atoms with Crippen LogP contribution in [0.2, 0.25) is 0 Å². The van der Waals surface area contributed by atoms with E-state index in [9.17, 15) is 0 Å². The van der Waals surface area contributed by atoms with Gasteiger partial charge in [-0.3, -0.25) is 4.98 Å². The predicted molar refractivity (Wildman–Crippen MR) is 107 cm³/mol. The number of aryl methyl sites for hydroxylation is 3. The smallest absolute Gasteiger partial charge is 0.0780 e. The monoisotopic (exact) mass is 323 g/mol. The second-order valence-corrected chi connectivity index (χ2v) is 6.81. The summed E-state index contributed by atoms with van der Waals surface area (Å²) in [6, 6.07) is 23.9. The molecule has 0 aliphatic heterocycles. The number of pyridine rings is 1. The molecule has 1 aromatic heterocycles. The molecule has 122 valence electrons. The third-order valence-corrected chi connectivity index (χ3v) is 4.65. The Bertz CT molecular complexity index is 1040. The van der Waals surface area contributed by atoms with Crippen molar-refractivity contribution in [1.82, 2.24) is 4.98 Å². The quantitative estimate of drug-likeness (QED) is 0.410. The highest BCUT2D eigenvalue weighted by Gasteiger charge is 2.11. The molecular formula is C24H21N. The van der Waals surface area contributed by atoms with E-state index in [1.165, 1.54) is 44.2 Å². The lowest BCUT2D eigenvalue weighted by Crippen LogP contribution is -1.91. The molecule has 0 unspecified atom stereocenters. The van der Waals surface area contributed by atoms with E-state index >= 15 is 0 Å². The van der Waals surface area contributed by atoms with Crippen molar-refractivity contribution >= 4 is 10.8 Å². The number of hydrogen-bond acceptors (Lipinski definition) is 1. The van der Waals surface area contributed by atoms with Crippen molar-refractivity contribution in [3.63, 3.8) is 0 Å². The molecule has 1 nitrogen and oxygen atoms in total. The fourth-order valence-corrected chi connectivity index (χ4v) is 3.50. The molecule has 0 aliphatic carbocycles. The Hall–Kier alpha value is -2.93. The number of rotatable bonds is 2. The Labute approximate surface area is 149 Å². The van der Waals surface area contributed by atoms with Crippen LogP contribution < -0.4 is 0 Å². The highest BCUT2D eigenvalue weighted by Crippen LogP contribution is 2.34. The normalized spacial score (nSPS) is 11.0. The van der Waals surface area contributed by atoms with Gasteiger partial charge < -0.3 is 0 Å². The van der Waals surface area contributed by atoms with Crippen molar-refractivity contribution in [2.24, 2.45) is 0 Å². The van der Waals surface area contributed by atoms with E-state index in [0.717, 1.165) is 5.69 Å². The third-order valence-electron chi connectivity index (χ3n) is 4.65. The molecule has 1 heteroatoms. The summed E-state index contributed by atoms with van der Waals surface area (Å²) in [6.07, 6.45) is 2.01. The number of aromatic nitrogens is 1. The van der Waals surface area contributed by atoms with Crippen LogP contribution in [0.15, 0.2) is 72.9 Å². The number of nitrogens with zero attached hydrogens (tertiary/aromatic N) is 1. The summed E-state index contributed by atoms with van der Waals surface area (Å²) in [6.45, 7) is 6.39. The van der Waals surface area contributed by atoms with Gasteiger partial charge in [-0.1, -0.05) is 71.3 Å². The minimum absolute atomic E-state index is 1.05. The van der Waals surface area contributed by atoms with Crippen molar-refractivity contribution in [2.75, 3.05) is 0 Å². The molecule has 0 saturated carbocycles. The van der Waals surface area contributed by atoms with Crippen LogP contribution in [-0.2, 0) is 0 Å². The Morgan fingerprint density at radius 2 is 1.24 bits per heavy atom. The largest absolute Gasteiger partial charge is 0.255 e. The van der Waals surface area contributed by atoms with Crippen molar-refractivity contribution in [3.8, 4) is 22.4 Å². The average Bonchev–Trinajstić information content (AvgIpc) is 2.61. The maximum absolute atomic E-state index is 4.86. The van der Waals surface area contributed by atoms with Crippen LogP contribution >= 0.6 is 0 Å². The van der Waals surface area contributed by atoms with Crippen molar-refractivity contribution < 1.29 is 0 Å². The van der Waals surface area contributed by atoms with Gasteiger partial charge in [0.1, 0.15) is 0 Å². The molecule has 0 atom stereocenters. The highest BCUT2D eigenvalue weighted by atomic mass is 14.7. The first-order valence-electron chi connectivity index (χ1n) is 8.65. The summed E-state index contributed by atoms with van der Waals surface area (Å²) in [5.41, 5.74) is 8.44. The number of hydrogen-bond donors (Lipinski definition) is 0. The van der Waals surface area contributed by atoms with Gasteiger partial charge in [-0.2, -0.15) is 0 Å². The molecule has 0 saturated heterocycles. The van der Waals surface area contributed by atoms with E-state index in [2.05, 4.69) is 87.5 Å². The van der Waals surface area contributed by atoms with Crippen LogP contribution in [0.5, 0.6) is 0 Å². The minimum atomic E-state index is 1.05. The minimum Gasteiger partial charge on any atom is -0.255 e. The molecule has 0 radical (unpaired) electrons. The topological polar surface area (TPSA) is 12.9 Å². The molecular weight excluding hydrogens is 302 g/mol. The van der Waals surface area contributed by atoms with Crippen molar-refractivity contribution in [2.45, 2.75) is 20.8 Å². The second kappa shape index (κ2) is 6.18. The molecule has 0 bridgehead atoms. The zero-order valence-electron chi connectivity index (χ0n) is 14.9. The van der Waals surface area contributed by atoms with Gasteiger partial charge in [-0.25, -0.2) is 0 Å². The van der Waals surface area contributed by atoms with Crippen molar-refractivity contribution in [1.29, 1.82) is 0 Å². The van der Waals surface area contributed by atoms with Crippen LogP contribution in [0.3, 0.4) is 0 Å². The highest BCUT2D eigenvalue weighted by molar-refractivity contribution is 6.03. The Morgan fingerprint density at radius 3 is 1.92 bits per heavy atom. The van der Waals surface area contributed by atoms with Gasteiger partial charge in [0, 0.05) is 22.7 Å². The van der Waals surface area contributed by atoms with Gasteiger partial charge in [0.05, 0.1) is 5.69 Å². The number of fused-ring (bicyclic) bond motifs is 1. The van der Waals surface area contributed by atoms with Gasteiger partial charge in [0.15, 0.2) is 0 Å². The molecule has 4 rings (SSSR count). The summed E-state index contributed by atoms with van der Waals surface area (Å²) >= 11 is 0. The van der Waals surface area contributed by atoms with E-state index in [1.54, 1.807) is 0 Å². The van der Waals surface area contributed by atoms with Crippen LogP contribution in [0.4, 0.5) is 0 Å². The molecule has 0 aliphatic rings. The summed E-state index contributed by atoms with van der Waals surface area (Å²) in [5.74, 6) is 0. The third kappa shape index (κ3) is 2.94. The molecule has 3 aromatic carbocycles. The van der Waals surface area contributed by atoms with Gasteiger partial charge in [0.25, 0.3) is 0 Å². The Balaban J connectivity index is 1.97. The van der Waals surface area contributed by atoms with Gasteiger partial charge in [-0.05, 0) is 43.9 Å². The first-order chi connectivity index (χ1) is 12.1. The average molecular weight is 323 g/mol. The lowest BCUT2D eigenvalue weighted by Gasteiger charge is -2.12. The molecule has 4 aromatic rings. The molecule has 0 fully saturated rings. The SMILES string of the molecule is Cc1ccc(-c2cnc(-c3cc(C)cc(C)c3)c3ccccc23)cc1. The molecule has 0 spiro atoms. The van der Waals surface area contributed by atoms with E-state index in [1.807, 2.05) is 6.20 Å². The standard InChI is InChI=1S/C24H21N/c1-16-8-10-19(11-9-16)23-15-25-24(22-7-5-4-6-21(22)23)20-13-17(2)12-18(3)14-20/h4-15H,1-3H3. The summed E-state index contributed by atoms with van der Waals surface area (Å²) in [5, 5.41) is 2.45. The number of benzene rings is 3. The first-order valence-corrected chi connectivity index (χ1v) is 8.65. The van der Waals surface area contributed by atoms with E-state index in [4.69, 9.17) is 4.98 Å². The molecule has 25 heavy (non-hydrogen) atoms. The van der Waals surface area contributed by atoms with E-state index in [0.29, 0.717) is 0 Å². The van der Waals surface area contributed by atoms with Gasteiger partial charge >= 0.3 is 0 Å². The maximum atomic E-state index is 4.86.